The number of ether oxygens (including phenoxy) is 1. The first-order valence-corrected chi connectivity index (χ1v) is 6.01. The highest BCUT2D eigenvalue weighted by molar-refractivity contribution is 5.88. The fraction of sp³-hybridized carbons (Fsp3) is 0.500. The minimum absolute atomic E-state index is 0. The van der Waals surface area contributed by atoms with Crippen LogP contribution in [-0.2, 0) is 11.3 Å². The van der Waals surface area contributed by atoms with E-state index in [2.05, 4.69) is 15.0 Å². The normalized spacial score (nSPS) is 15.1. The number of pyridine rings is 1. The van der Waals surface area contributed by atoms with Crippen molar-refractivity contribution < 1.29 is 22.7 Å². The van der Waals surface area contributed by atoms with Gasteiger partial charge in [-0.3, -0.25) is 4.79 Å². The third-order valence-corrected chi connectivity index (χ3v) is 2.90. The lowest BCUT2D eigenvalue weighted by atomic mass is 10.2. The first kappa shape index (κ1) is 20.8. The van der Waals surface area contributed by atoms with Gasteiger partial charge in [0.2, 0.25) is 11.8 Å². The van der Waals surface area contributed by atoms with Gasteiger partial charge in [-0.1, -0.05) is 6.07 Å². The minimum atomic E-state index is -4.44. The van der Waals surface area contributed by atoms with Gasteiger partial charge in [0.15, 0.2) is 6.61 Å². The lowest BCUT2D eigenvalue weighted by Gasteiger charge is -2.13. The number of rotatable bonds is 5. The van der Waals surface area contributed by atoms with Crippen LogP contribution >= 0.6 is 24.8 Å². The summed E-state index contributed by atoms with van der Waals surface area (Å²) in [7, 11) is 0. The molecule has 1 saturated carbocycles. The molecule has 0 aromatic carbocycles. The summed E-state index contributed by atoms with van der Waals surface area (Å²) >= 11 is 0. The molecule has 0 bridgehead atoms. The average Bonchev–Trinajstić information content (AvgIpc) is 3.13. The van der Waals surface area contributed by atoms with E-state index in [1.54, 1.807) is 6.07 Å². The van der Waals surface area contributed by atoms with Crippen molar-refractivity contribution in [3.05, 3.63) is 23.9 Å². The van der Waals surface area contributed by atoms with Gasteiger partial charge in [-0.2, -0.15) is 13.2 Å². The predicted molar refractivity (Wildman–Crippen MR) is 78.3 cm³/mol. The van der Waals surface area contributed by atoms with E-state index in [-0.39, 0.29) is 43.1 Å². The van der Waals surface area contributed by atoms with Gasteiger partial charge in [0.1, 0.15) is 0 Å². The highest BCUT2D eigenvalue weighted by Gasteiger charge is 2.45. The molecule has 5 nitrogen and oxygen atoms in total. The van der Waals surface area contributed by atoms with Crippen molar-refractivity contribution in [2.45, 2.75) is 31.1 Å². The van der Waals surface area contributed by atoms with Gasteiger partial charge < -0.3 is 15.8 Å². The number of alkyl halides is 3. The van der Waals surface area contributed by atoms with Crippen molar-refractivity contribution >= 4 is 30.7 Å². The van der Waals surface area contributed by atoms with Crippen LogP contribution in [0.5, 0.6) is 5.88 Å². The van der Waals surface area contributed by atoms with Gasteiger partial charge in [0.25, 0.3) is 0 Å². The van der Waals surface area contributed by atoms with Crippen LogP contribution in [0.15, 0.2) is 18.3 Å². The second kappa shape index (κ2) is 7.85. The highest BCUT2D eigenvalue weighted by Crippen LogP contribution is 2.32. The molecule has 1 heterocycles. The zero-order chi connectivity index (χ0) is 14.8. The Labute approximate surface area is 137 Å². The van der Waals surface area contributed by atoms with Crippen LogP contribution in [-0.4, -0.2) is 29.2 Å². The van der Waals surface area contributed by atoms with Gasteiger partial charge in [0, 0.05) is 18.3 Å². The number of nitrogens with two attached hydrogens (primary N) is 1. The molecule has 1 amide bonds. The second-order valence-corrected chi connectivity index (χ2v) is 4.71. The predicted octanol–water partition coefficient (Wildman–Crippen LogP) is 1.97. The maximum Gasteiger partial charge on any atom is 0.422 e. The van der Waals surface area contributed by atoms with Crippen LogP contribution in [0.25, 0.3) is 0 Å². The average molecular weight is 362 g/mol. The number of carbonyl (C=O) groups is 1. The standard InChI is InChI=1S/C12H14F3N3O2.2ClH/c13-12(14,15)7-20-9-8(2-1-5-17-9)6-18-10(19)11(16)3-4-11;;/h1-2,5H,3-4,6-7,16H2,(H,18,19);2*1H. The molecule has 0 atom stereocenters. The van der Waals surface area contributed by atoms with Crippen LogP contribution in [0.4, 0.5) is 13.2 Å². The van der Waals surface area contributed by atoms with Gasteiger partial charge in [-0.25, -0.2) is 4.98 Å². The molecular weight excluding hydrogens is 346 g/mol. The Morgan fingerprint density at radius 2 is 2.05 bits per heavy atom. The summed E-state index contributed by atoms with van der Waals surface area (Å²) in [5.41, 5.74) is 5.25. The number of hydrogen-bond donors (Lipinski definition) is 2. The van der Waals surface area contributed by atoms with Crippen LogP contribution in [0.2, 0.25) is 0 Å². The van der Waals surface area contributed by atoms with Gasteiger partial charge in [-0.15, -0.1) is 24.8 Å². The van der Waals surface area contributed by atoms with Gasteiger partial charge >= 0.3 is 6.18 Å². The molecule has 1 aromatic rings. The van der Waals surface area contributed by atoms with Gasteiger partial charge in [0.05, 0.1) is 5.54 Å². The Morgan fingerprint density at radius 3 is 2.59 bits per heavy atom. The van der Waals surface area contributed by atoms with Crippen molar-refractivity contribution in [3.8, 4) is 5.88 Å². The van der Waals surface area contributed by atoms with E-state index in [0.29, 0.717) is 18.4 Å². The quantitative estimate of drug-likeness (QED) is 0.840. The second-order valence-electron chi connectivity index (χ2n) is 4.71. The van der Waals surface area contributed by atoms with Crippen LogP contribution in [0.1, 0.15) is 18.4 Å². The van der Waals surface area contributed by atoms with E-state index in [1.807, 2.05) is 0 Å². The van der Waals surface area contributed by atoms with E-state index in [4.69, 9.17) is 5.73 Å². The Morgan fingerprint density at radius 1 is 1.41 bits per heavy atom. The lowest BCUT2D eigenvalue weighted by Crippen LogP contribution is -2.42. The number of nitrogens with one attached hydrogen (secondary N) is 1. The molecule has 0 unspecified atom stereocenters. The molecule has 1 aliphatic rings. The van der Waals surface area contributed by atoms with E-state index < -0.39 is 18.3 Å². The molecule has 0 radical (unpaired) electrons. The number of hydrogen-bond acceptors (Lipinski definition) is 4. The van der Waals surface area contributed by atoms with Crippen molar-refractivity contribution in [1.29, 1.82) is 0 Å². The van der Waals surface area contributed by atoms with E-state index in [0.717, 1.165) is 0 Å². The number of aromatic nitrogens is 1. The summed E-state index contributed by atoms with van der Waals surface area (Å²) in [4.78, 5) is 15.4. The largest absolute Gasteiger partial charge is 0.468 e. The summed E-state index contributed by atoms with van der Waals surface area (Å²) in [6.07, 6.45) is -1.89. The molecule has 10 heteroatoms. The molecular formula is C12H16Cl2F3N3O2. The fourth-order valence-corrected chi connectivity index (χ4v) is 1.55. The van der Waals surface area contributed by atoms with E-state index >= 15 is 0 Å². The topological polar surface area (TPSA) is 77.2 Å². The third kappa shape index (κ3) is 5.86. The molecule has 3 N–H and O–H groups in total. The summed E-state index contributed by atoms with van der Waals surface area (Å²) in [6, 6.07) is 3.09. The molecule has 0 aliphatic heterocycles. The van der Waals surface area contributed by atoms with Crippen molar-refractivity contribution in [1.82, 2.24) is 10.3 Å². The van der Waals surface area contributed by atoms with Crippen LogP contribution in [0.3, 0.4) is 0 Å². The maximum atomic E-state index is 12.1. The molecule has 2 rings (SSSR count). The Balaban J connectivity index is 0.00000220. The summed E-state index contributed by atoms with van der Waals surface area (Å²) < 4.78 is 41.0. The Kier molecular flexibility index (Phi) is 7.40. The summed E-state index contributed by atoms with van der Waals surface area (Å²) in [6.45, 7) is -1.40. The molecule has 0 spiro atoms. The summed E-state index contributed by atoms with van der Waals surface area (Å²) in [5.74, 6) is -0.463. The fourth-order valence-electron chi connectivity index (χ4n) is 1.55. The van der Waals surface area contributed by atoms with Crippen molar-refractivity contribution in [2.24, 2.45) is 5.73 Å². The molecule has 126 valence electrons. The lowest BCUT2D eigenvalue weighted by molar-refractivity contribution is -0.154. The third-order valence-electron chi connectivity index (χ3n) is 2.90. The molecule has 1 aromatic heterocycles. The van der Waals surface area contributed by atoms with E-state index in [9.17, 15) is 18.0 Å². The Hall–Kier alpha value is -1.25. The monoisotopic (exact) mass is 361 g/mol. The number of carbonyl (C=O) groups excluding carboxylic acids is 1. The first-order valence-electron chi connectivity index (χ1n) is 6.01. The SMILES string of the molecule is Cl.Cl.NC1(C(=O)NCc2cccnc2OCC(F)(F)F)CC1. The molecule has 1 fully saturated rings. The number of halogens is 5. The van der Waals surface area contributed by atoms with E-state index in [1.165, 1.54) is 12.3 Å². The summed E-state index contributed by atoms with van der Waals surface area (Å²) in [5, 5.41) is 2.57. The zero-order valence-electron chi connectivity index (χ0n) is 11.4. The van der Waals surface area contributed by atoms with Gasteiger partial charge in [-0.05, 0) is 18.9 Å². The Bertz CT molecular complexity index is 511. The molecule has 1 aliphatic carbocycles. The van der Waals surface area contributed by atoms with Crippen molar-refractivity contribution in [3.63, 3.8) is 0 Å². The number of amides is 1. The maximum absolute atomic E-state index is 12.1. The smallest absolute Gasteiger partial charge is 0.422 e. The molecule has 22 heavy (non-hydrogen) atoms. The highest BCUT2D eigenvalue weighted by atomic mass is 35.5. The minimum Gasteiger partial charge on any atom is -0.468 e. The molecule has 0 saturated heterocycles. The zero-order valence-corrected chi connectivity index (χ0v) is 13.0. The first-order chi connectivity index (χ1) is 9.30. The van der Waals surface area contributed by atoms with Crippen LogP contribution < -0.4 is 15.8 Å². The number of nitrogens with zero attached hydrogens (tertiary/aromatic N) is 1. The van der Waals surface area contributed by atoms with Crippen LogP contribution in [0, 0.1) is 0 Å². The van der Waals surface area contributed by atoms with Crippen molar-refractivity contribution in [2.75, 3.05) is 6.61 Å².